The van der Waals surface area contributed by atoms with Gasteiger partial charge in [-0.3, -0.25) is 4.79 Å². The molecular weight excluding hydrogens is 276 g/mol. The number of carbonyl (C=O) groups excluding carboxylic acids is 1. The molecule has 2 aromatic carbocycles. The van der Waals surface area contributed by atoms with Gasteiger partial charge in [0.1, 0.15) is 5.75 Å². The summed E-state index contributed by atoms with van der Waals surface area (Å²) >= 11 is 0. The Hall–Kier alpha value is -2.49. The number of hydrogen-bond donors (Lipinski definition) is 2. The van der Waals surface area contributed by atoms with Gasteiger partial charge < -0.3 is 15.4 Å². The van der Waals surface area contributed by atoms with Crippen molar-refractivity contribution in [3.8, 4) is 11.5 Å². The Balaban J connectivity index is 1.95. The Morgan fingerprint density at radius 2 is 1.73 bits per heavy atom. The molecule has 0 atom stereocenters. The van der Waals surface area contributed by atoms with Gasteiger partial charge in [0.25, 0.3) is 0 Å². The molecule has 1 amide bonds. The number of benzene rings is 2. The molecule has 2 rings (SSSR count). The Bertz CT molecular complexity index is 597. The molecule has 0 aromatic heterocycles. The average molecular weight is 298 g/mol. The summed E-state index contributed by atoms with van der Waals surface area (Å²) in [5, 5.41) is 6.00. The summed E-state index contributed by atoms with van der Waals surface area (Å²) in [6.07, 6.45) is 0. The molecule has 22 heavy (non-hydrogen) atoms. The first-order valence-corrected chi connectivity index (χ1v) is 7.47. The first-order valence-electron chi connectivity index (χ1n) is 7.47. The number of carbonyl (C=O) groups is 1. The first-order chi connectivity index (χ1) is 10.6. The van der Waals surface area contributed by atoms with E-state index >= 15 is 0 Å². The monoisotopic (exact) mass is 298 g/mol. The van der Waals surface area contributed by atoms with Crippen LogP contribution in [0.25, 0.3) is 0 Å². The Morgan fingerprint density at radius 3 is 2.45 bits per heavy atom. The highest BCUT2D eigenvalue weighted by Gasteiger charge is 2.06. The quantitative estimate of drug-likeness (QED) is 0.820. The smallest absolute Gasteiger partial charge is 0.239 e. The van der Waals surface area contributed by atoms with Crippen molar-refractivity contribution in [3.63, 3.8) is 0 Å². The zero-order valence-electron chi connectivity index (χ0n) is 13.0. The predicted octanol–water partition coefficient (Wildman–Crippen LogP) is 3.66. The summed E-state index contributed by atoms with van der Waals surface area (Å²) in [5.74, 6) is 1.88. The van der Waals surface area contributed by atoms with Crippen LogP contribution in [0.5, 0.6) is 11.5 Å². The van der Waals surface area contributed by atoms with E-state index in [9.17, 15) is 4.79 Å². The fourth-order valence-electron chi connectivity index (χ4n) is 1.87. The van der Waals surface area contributed by atoms with Crippen molar-refractivity contribution >= 4 is 11.6 Å². The van der Waals surface area contributed by atoms with Crippen molar-refractivity contribution in [2.75, 3.05) is 18.4 Å². The summed E-state index contributed by atoms with van der Waals surface area (Å²) in [4.78, 5) is 11.8. The van der Waals surface area contributed by atoms with Crippen LogP contribution in [0.15, 0.2) is 54.6 Å². The minimum absolute atomic E-state index is 0.0248. The normalized spacial score (nSPS) is 10.3. The minimum atomic E-state index is -0.0248. The van der Waals surface area contributed by atoms with Gasteiger partial charge in [0.15, 0.2) is 5.75 Å². The average Bonchev–Trinajstić information content (AvgIpc) is 2.53. The first kappa shape index (κ1) is 15.9. The minimum Gasteiger partial charge on any atom is -0.455 e. The lowest BCUT2D eigenvalue weighted by Gasteiger charge is -2.13. The fraction of sp³-hybridized carbons (Fsp3) is 0.278. The van der Waals surface area contributed by atoms with Crippen LogP contribution in [0.4, 0.5) is 5.69 Å². The van der Waals surface area contributed by atoms with E-state index in [4.69, 9.17) is 4.74 Å². The number of rotatable bonds is 7. The van der Waals surface area contributed by atoms with E-state index in [-0.39, 0.29) is 12.5 Å². The molecule has 116 valence electrons. The number of nitrogens with one attached hydrogen (secondary N) is 2. The zero-order chi connectivity index (χ0) is 15.8. The largest absolute Gasteiger partial charge is 0.455 e. The molecule has 4 nitrogen and oxygen atoms in total. The van der Waals surface area contributed by atoms with Crippen molar-refractivity contribution < 1.29 is 9.53 Å². The van der Waals surface area contributed by atoms with E-state index in [1.54, 1.807) is 0 Å². The summed E-state index contributed by atoms with van der Waals surface area (Å²) in [5.41, 5.74) is 0.797. The maximum atomic E-state index is 11.8. The van der Waals surface area contributed by atoms with E-state index in [1.807, 2.05) is 54.6 Å². The molecule has 0 aliphatic rings. The van der Waals surface area contributed by atoms with Crippen LogP contribution in [0, 0.1) is 5.92 Å². The van der Waals surface area contributed by atoms with Crippen LogP contribution in [0.1, 0.15) is 13.8 Å². The van der Waals surface area contributed by atoms with E-state index in [0.717, 1.165) is 11.4 Å². The standard InChI is InChI=1S/C18H22N2O2/c1-14(2)12-20-18(21)13-19-16-10-6-7-11-17(16)22-15-8-4-3-5-9-15/h3-11,14,19H,12-13H2,1-2H3,(H,20,21). The summed E-state index contributed by atoms with van der Waals surface area (Å²) < 4.78 is 5.85. The van der Waals surface area contributed by atoms with Crippen molar-refractivity contribution in [3.05, 3.63) is 54.6 Å². The molecule has 4 heteroatoms. The maximum Gasteiger partial charge on any atom is 0.239 e. The van der Waals surface area contributed by atoms with E-state index < -0.39 is 0 Å². The van der Waals surface area contributed by atoms with Crippen molar-refractivity contribution in [2.45, 2.75) is 13.8 Å². The third-order valence-corrected chi connectivity index (χ3v) is 3.00. The lowest BCUT2D eigenvalue weighted by atomic mass is 10.2. The van der Waals surface area contributed by atoms with Gasteiger partial charge in [-0.1, -0.05) is 44.2 Å². The Labute approximate surface area is 131 Å². The number of amides is 1. The number of ether oxygens (including phenoxy) is 1. The van der Waals surface area contributed by atoms with Crippen LogP contribution in [-0.4, -0.2) is 19.0 Å². The highest BCUT2D eigenvalue weighted by atomic mass is 16.5. The molecule has 0 aliphatic carbocycles. The number of hydrogen-bond acceptors (Lipinski definition) is 3. The fourth-order valence-corrected chi connectivity index (χ4v) is 1.87. The highest BCUT2D eigenvalue weighted by molar-refractivity contribution is 5.81. The van der Waals surface area contributed by atoms with Crippen molar-refractivity contribution in [2.24, 2.45) is 5.92 Å². The van der Waals surface area contributed by atoms with E-state index in [2.05, 4.69) is 24.5 Å². The molecule has 0 spiro atoms. The molecule has 0 unspecified atom stereocenters. The van der Waals surface area contributed by atoms with Crippen molar-refractivity contribution in [1.82, 2.24) is 5.32 Å². The molecule has 0 fully saturated rings. The molecule has 2 N–H and O–H groups in total. The highest BCUT2D eigenvalue weighted by Crippen LogP contribution is 2.28. The summed E-state index contributed by atoms with van der Waals surface area (Å²) in [7, 11) is 0. The Morgan fingerprint density at radius 1 is 1.05 bits per heavy atom. The second-order valence-corrected chi connectivity index (χ2v) is 5.46. The van der Waals surface area contributed by atoms with E-state index in [1.165, 1.54) is 0 Å². The van der Waals surface area contributed by atoms with Crippen LogP contribution in [0.2, 0.25) is 0 Å². The summed E-state index contributed by atoms with van der Waals surface area (Å²) in [6, 6.07) is 17.2. The van der Waals surface area contributed by atoms with Crippen LogP contribution in [-0.2, 0) is 4.79 Å². The third-order valence-electron chi connectivity index (χ3n) is 3.00. The van der Waals surface area contributed by atoms with Gasteiger partial charge in [-0.15, -0.1) is 0 Å². The molecule has 0 saturated heterocycles. The lowest BCUT2D eigenvalue weighted by Crippen LogP contribution is -2.32. The molecule has 0 radical (unpaired) electrons. The van der Waals surface area contributed by atoms with Crippen LogP contribution in [0.3, 0.4) is 0 Å². The zero-order valence-corrected chi connectivity index (χ0v) is 13.0. The molecule has 0 saturated carbocycles. The SMILES string of the molecule is CC(C)CNC(=O)CNc1ccccc1Oc1ccccc1. The van der Waals surface area contributed by atoms with Gasteiger partial charge >= 0.3 is 0 Å². The lowest BCUT2D eigenvalue weighted by molar-refractivity contribution is -0.119. The van der Waals surface area contributed by atoms with Gasteiger partial charge in [-0.2, -0.15) is 0 Å². The second-order valence-electron chi connectivity index (χ2n) is 5.46. The molecule has 0 heterocycles. The number of anilines is 1. The summed E-state index contributed by atoms with van der Waals surface area (Å²) in [6.45, 7) is 5.04. The second kappa shape index (κ2) is 8.08. The topological polar surface area (TPSA) is 50.4 Å². The number of para-hydroxylation sites is 3. The van der Waals surface area contributed by atoms with Gasteiger partial charge in [0.2, 0.25) is 5.91 Å². The van der Waals surface area contributed by atoms with Crippen molar-refractivity contribution in [1.29, 1.82) is 0 Å². The maximum absolute atomic E-state index is 11.8. The molecule has 2 aromatic rings. The Kier molecular flexibility index (Phi) is 5.83. The van der Waals surface area contributed by atoms with Crippen LogP contribution >= 0.6 is 0 Å². The molecule has 0 bridgehead atoms. The van der Waals surface area contributed by atoms with Gasteiger partial charge in [-0.05, 0) is 30.2 Å². The molecular formula is C18H22N2O2. The van der Waals surface area contributed by atoms with Gasteiger partial charge in [-0.25, -0.2) is 0 Å². The third kappa shape index (κ3) is 5.13. The van der Waals surface area contributed by atoms with Crippen LogP contribution < -0.4 is 15.4 Å². The predicted molar refractivity (Wildman–Crippen MR) is 89.3 cm³/mol. The van der Waals surface area contributed by atoms with Gasteiger partial charge in [0.05, 0.1) is 12.2 Å². The molecule has 0 aliphatic heterocycles. The van der Waals surface area contributed by atoms with Gasteiger partial charge in [0, 0.05) is 6.54 Å². The van der Waals surface area contributed by atoms with E-state index in [0.29, 0.717) is 18.2 Å².